The van der Waals surface area contributed by atoms with Gasteiger partial charge in [0, 0.05) is 10.9 Å². The van der Waals surface area contributed by atoms with Crippen LogP contribution in [0, 0.1) is 0 Å². The van der Waals surface area contributed by atoms with E-state index in [1.165, 1.54) is 6.07 Å². The Hall–Kier alpha value is -0.430. The third kappa shape index (κ3) is 4.06. The molecule has 1 heterocycles. The van der Waals surface area contributed by atoms with Crippen LogP contribution < -0.4 is 4.72 Å². The number of hydrogen-bond acceptors (Lipinski definition) is 4. The van der Waals surface area contributed by atoms with Crippen LogP contribution in [-0.2, 0) is 16.6 Å². The highest BCUT2D eigenvalue weighted by Crippen LogP contribution is 2.22. The Bertz CT molecular complexity index is 439. The summed E-state index contributed by atoms with van der Waals surface area (Å²) in [6.07, 6.45) is 2.58. The van der Waals surface area contributed by atoms with Gasteiger partial charge in [0.1, 0.15) is 4.21 Å². The van der Waals surface area contributed by atoms with Crippen molar-refractivity contribution >= 4 is 21.4 Å². The standard InChI is InChI=1S/C11H19NO3S2/c1-3-5-9(4-2)12-17(14,15)11-7-6-10(8-13)16-11/h6-7,9,12-13H,3-5,8H2,1-2H3. The minimum atomic E-state index is -3.43. The molecule has 1 aromatic heterocycles. The maximum Gasteiger partial charge on any atom is 0.250 e. The van der Waals surface area contributed by atoms with Crippen molar-refractivity contribution in [1.29, 1.82) is 0 Å². The first-order chi connectivity index (χ1) is 8.03. The molecule has 1 atom stereocenters. The normalized spacial score (nSPS) is 13.8. The van der Waals surface area contributed by atoms with Crippen LogP contribution in [0.15, 0.2) is 16.3 Å². The van der Waals surface area contributed by atoms with Crippen molar-refractivity contribution in [2.75, 3.05) is 0 Å². The maximum absolute atomic E-state index is 12.0. The summed E-state index contributed by atoms with van der Waals surface area (Å²) in [5.41, 5.74) is 0. The molecule has 2 N–H and O–H groups in total. The second kappa shape index (κ2) is 6.49. The molecule has 0 saturated carbocycles. The lowest BCUT2D eigenvalue weighted by molar-refractivity contribution is 0.285. The molecular weight excluding hydrogens is 258 g/mol. The topological polar surface area (TPSA) is 66.4 Å². The van der Waals surface area contributed by atoms with Gasteiger partial charge in [-0.05, 0) is 25.0 Å². The van der Waals surface area contributed by atoms with Crippen LogP contribution in [0.2, 0.25) is 0 Å². The van der Waals surface area contributed by atoms with E-state index in [2.05, 4.69) is 4.72 Å². The van der Waals surface area contributed by atoms with Gasteiger partial charge in [-0.15, -0.1) is 11.3 Å². The van der Waals surface area contributed by atoms with Gasteiger partial charge in [0.05, 0.1) is 6.61 Å². The fraction of sp³-hybridized carbons (Fsp3) is 0.636. The summed E-state index contributed by atoms with van der Waals surface area (Å²) in [6.45, 7) is 3.88. The fourth-order valence-electron chi connectivity index (χ4n) is 1.56. The van der Waals surface area contributed by atoms with E-state index in [4.69, 9.17) is 5.11 Å². The third-order valence-corrected chi connectivity index (χ3v) is 5.59. The Morgan fingerprint density at radius 2 is 2.12 bits per heavy atom. The van der Waals surface area contributed by atoms with Gasteiger partial charge in [0.15, 0.2) is 0 Å². The maximum atomic E-state index is 12.0. The Kier molecular flexibility index (Phi) is 5.58. The Balaban J connectivity index is 2.80. The molecule has 0 fully saturated rings. The number of aliphatic hydroxyl groups excluding tert-OH is 1. The number of aliphatic hydroxyl groups is 1. The van der Waals surface area contributed by atoms with Gasteiger partial charge in [-0.2, -0.15) is 0 Å². The molecule has 0 spiro atoms. The molecule has 4 nitrogen and oxygen atoms in total. The monoisotopic (exact) mass is 277 g/mol. The molecule has 1 rings (SSSR count). The first kappa shape index (κ1) is 14.6. The summed E-state index contributed by atoms with van der Waals surface area (Å²) in [7, 11) is -3.43. The lowest BCUT2D eigenvalue weighted by atomic mass is 10.1. The molecule has 17 heavy (non-hydrogen) atoms. The molecule has 0 aromatic carbocycles. The van der Waals surface area contributed by atoms with Crippen molar-refractivity contribution in [2.45, 2.75) is 50.0 Å². The van der Waals surface area contributed by atoms with Crippen LogP contribution in [-0.4, -0.2) is 19.6 Å². The fourth-order valence-corrected chi connectivity index (χ4v) is 4.15. The zero-order valence-corrected chi connectivity index (χ0v) is 11.8. The first-order valence-electron chi connectivity index (χ1n) is 5.75. The van der Waals surface area contributed by atoms with Crippen LogP contribution in [0.1, 0.15) is 38.0 Å². The molecule has 0 bridgehead atoms. The highest BCUT2D eigenvalue weighted by atomic mass is 32.2. The molecule has 6 heteroatoms. The number of sulfonamides is 1. The van der Waals surface area contributed by atoms with E-state index in [0.717, 1.165) is 30.6 Å². The lowest BCUT2D eigenvalue weighted by Gasteiger charge is -2.15. The molecule has 0 aliphatic heterocycles. The van der Waals surface area contributed by atoms with Crippen molar-refractivity contribution in [3.8, 4) is 0 Å². The van der Waals surface area contributed by atoms with Crippen molar-refractivity contribution in [1.82, 2.24) is 4.72 Å². The smallest absolute Gasteiger partial charge is 0.250 e. The predicted octanol–water partition coefficient (Wildman–Crippen LogP) is 2.10. The second-order valence-electron chi connectivity index (χ2n) is 3.89. The van der Waals surface area contributed by atoms with Gasteiger partial charge < -0.3 is 5.11 Å². The van der Waals surface area contributed by atoms with Gasteiger partial charge in [-0.1, -0.05) is 20.3 Å². The number of rotatable bonds is 7. The van der Waals surface area contributed by atoms with E-state index in [1.54, 1.807) is 6.07 Å². The van der Waals surface area contributed by atoms with Gasteiger partial charge in [0.2, 0.25) is 10.0 Å². The number of thiophene rings is 1. The molecule has 0 aliphatic rings. The third-order valence-electron chi connectivity index (χ3n) is 2.51. The minimum Gasteiger partial charge on any atom is -0.391 e. The number of hydrogen-bond donors (Lipinski definition) is 2. The van der Waals surface area contributed by atoms with Crippen molar-refractivity contribution in [3.05, 3.63) is 17.0 Å². The highest BCUT2D eigenvalue weighted by molar-refractivity contribution is 7.91. The molecule has 98 valence electrons. The molecule has 0 amide bonds. The highest BCUT2D eigenvalue weighted by Gasteiger charge is 2.20. The van der Waals surface area contributed by atoms with E-state index in [0.29, 0.717) is 4.88 Å². The van der Waals surface area contributed by atoms with E-state index in [-0.39, 0.29) is 16.9 Å². The summed E-state index contributed by atoms with van der Waals surface area (Å²) < 4.78 is 27.0. The van der Waals surface area contributed by atoms with E-state index < -0.39 is 10.0 Å². The second-order valence-corrected chi connectivity index (χ2v) is 7.00. The van der Waals surface area contributed by atoms with Gasteiger partial charge in [-0.3, -0.25) is 0 Å². The van der Waals surface area contributed by atoms with Gasteiger partial charge in [0.25, 0.3) is 0 Å². The Morgan fingerprint density at radius 1 is 1.41 bits per heavy atom. The molecule has 0 aliphatic carbocycles. The average Bonchev–Trinajstić information content (AvgIpc) is 2.77. The predicted molar refractivity (Wildman–Crippen MR) is 69.6 cm³/mol. The summed E-state index contributed by atoms with van der Waals surface area (Å²) in [5.74, 6) is 0. The van der Waals surface area contributed by atoms with E-state index in [1.807, 2.05) is 13.8 Å². The van der Waals surface area contributed by atoms with Gasteiger partial charge in [-0.25, -0.2) is 13.1 Å². The Morgan fingerprint density at radius 3 is 2.59 bits per heavy atom. The van der Waals surface area contributed by atoms with Crippen molar-refractivity contribution in [2.24, 2.45) is 0 Å². The van der Waals surface area contributed by atoms with Crippen molar-refractivity contribution < 1.29 is 13.5 Å². The summed E-state index contributed by atoms with van der Waals surface area (Å²) in [6, 6.07) is 3.17. The van der Waals surface area contributed by atoms with Gasteiger partial charge >= 0.3 is 0 Å². The van der Waals surface area contributed by atoms with E-state index in [9.17, 15) is 8.42 Å². The van der Waals surface area contributed by atoms with Crippen molar-refractivity contribution in [3.63, 3.8) is 0 Å². The molecule has 0 saturated heterocycles. The molecule has 1 aromatic rings. The number of nitrogens with one attached hydrogen (secondary N) is 1. The largest absolute Gasteiger partial charge is 0.391 e. The summed E-state index contributed by atoms with van der Waals surface area (Å²) >= 11 is 1.11. The summed E-state index contributed by atoms with van der Waals surface area (Å²) in [5, 5.41) is 8.92. The quantitative estimate of drug-likeness (QED) is 0.802. The molecular formula is C11H19NO3S2. The Labute approximate surface area is 107 Å². The zero-order chi connectivity index (χ0) is 12.9. The zero-order valence-electron chi connectivity index (χ0n) is 10.1. The molecule has 0 radical (unpaired) electrons. The van der Waals surface area contributed by atoms with Crippen LogP contribution >= 0.6 is 11.3 Å². The van der Waals surface area contributed by atoms with Crippen LogP contribution in [0.3, 0.4) is 0 Å². The SMILES string of the molecule is CCCC(CC)NS(=O)(=O)c1ccc(CO)s1. The van der Waals surface area contributed by atoms with E-state index >= 15 is 0 Å². The van der Waals surface area contributed by atoms with Crippen LogP contribution in [0.4, 0.5) is 0 Å². The average molecular weight is 277 g/mol. The van der Waals surface area contributed by atoms with Crippen LogP contribution in [0.25, 0.3) is 0 Å². The van der Waals surface area contributed by atoms with Crippen LogP contribution in [0.5, 0.6) is 0 Å². The minimum absolute atomic E-state index is 0.00956. The first-order valence-corrected chi connectivity index (χ1v) is 8.05. The summed E-state index contributed by atoms with van der Waals surface area (Å²) in [4.78, 5) is 0.661. The lowest BCUT2D eigenvalue weighted by Crippen LogP contribution is -2.33. The molecule has 1 unspecified atom stereocenters.